The molecule has 0 radical (unpaired) electrons. The number of benzene rings is 1. The quantitative estimate of drug-likeness (QED) is 0.927. The van der Waals surface area contributed by atoms with Crippen molar-refractivity contribution < 1.29 is 4.79 Å². The Morgan fingerprint density at radius 2 is 1.87 bits per heavy atom. The average molecular weight is 315 g/mol. The summed E-state index contributed by atoms with van der Waals surface area (Å²) in [6.07, 6.45) is 2.94. The van der Waals surface area contributed by atoms with Gasteiger partial charge in [0.15, 0.2) is 0 Å². The molecule has 2 aliphatic heterocycles. The first-order valence-electron chi connectivity index (χ1n) is 8.89. The van der Waals surface area contributed by atoms with Gasteiger partial charge >= 0.3 is 0 Å². The molecule has 1 atom stereocenters. The van der Waals surface area contributed by atoms with Crippen LogP contribution >= 0.6 is 0 Å². The van der Waals surface area contributed by atoms with Crippen molar-refractivity contribution in [3.63, 3.8) is 0 Å². The van der Waals surface area contributed by atoms with Gasteiger partial charge in [-0.15, -0.1) is 0 Å². The van der Waals surface area contributed by atoms with Gasteiger partial charge in [0, 0.05) is 32.7 Å². The number of rotatable bonds is 3. The van der Waals surface area contributed by atoms with E-state index in [1.807, 2.05) is 0 Å². The Hall–Kier alpha value is -1.39. The molecule has 0 aromatic heterocycles. The van der Waals surface area contributed by atoms with Gasteiger partial charge < -0.3 is 10.2 Å². The molecule has 2 saturated heterocycles. The Labute approximate surface area is 139 Å². The Morgan fingerprint density at radius 1 is 1.17 bits per heavy atom. The van der Waals surface area contributed by atoms with Crippen molar-refractivity contribution in [2.24, 2.45) is 0 Å². The van der Waals surface area contributed by atoms with E-state index in [1.165, 1.54) is 5.56 Å². The van der Waals surface area contributed by atoms with E-state index >= 15 is 0 Å². The standard InChI is InChI=1S/C19H29N3O/c1-16(17-7-4-3-5-8-17)15-22-13-9-19(10-14-22)18(23)20-11-6-12-21(19)2/h3-5,7-8,16H,6,9-15H2,1-2H3,(H,20,23)/t16-/m1/s1. The van der Waals surface area contributed by atoms with Crippen molar-refractivity contribution in [2.45, 2.75) is 37.6 Å². The number of carbonyl (C=O) groups is 1. The van der Waals surface area contributed by atoms with Crippen LogP contribution in [0.3, 0.4) is 0 Å². The third kappa shape index (κ3) is 3.43. The van der Waals surface area contributed by atoms with E-state index in [0.29, 0.717) is 5.92 Å². The van der Waals surface area contributed by atoms with Gasteiger partial charge in [-0.1, -0.05) is 37.3 Å². The van der Waals surface area contributed by atoms with Crippen LogP contribution in [0.2, 0.25) is 0 Å². The Bertz CT molecular complexity index is 523. The first-order valence-corrected chi connectivity index (χ1v) is 8.89. The zero-order valence-electron chi connectivity index (χ0n) is 14.4. The van der Waals surface area contributed by atoms with Crippen LogP contribution in [0, 0.1) is 0 Å². The molecule has 1 N–H and O–H groups in total. The number of hydrogen-bond acceptors (Lipinski definition) is 3. The highest BCUT2D eigenvalue weighted by Crippen LogP contribution is 2.31. The number of nitrogens with one attached hydrogen (secondary N) is 1. The normalized spacial score (nSPS) is 24.2. The first-order chi connectivity index (χ1) is 11.1. The zero-order valence-corrected chi connectivity index (χ0v) is 14.4. The molecule has 2 aliphatic rings. The predicted octanol–water partition coefficient (Wildman–Crippen LogP) is 2.08. The van der Waals surface area contributed by atoms with Crippen LogP contribution in [0.15, 0.2) is 30.3 Å². The van der Waals surface area contributed by atoms with E-state index in [4.69, 9.17) is 0 Å². The van der Waals surface area contributed by atoms with E-state index in [-0.39, 0.29) is 11.4 Å². The van der Waals surface area contributed by atoms with Gasteiger partial charge in [0.1, 0.15) is 5.54 Å². The van der Waals surface area contributed by atoms with Crippen molar-refractivity contribution in [2.75, 3.05) is 39.8 Å². The molecule has 1 aromatic carbocycles. The number of amides is 1. The Morgan fingerprint density at radius 3 is 2.57 bits per heavy atom. The fourth-order valence-corrected chi connectivity index (χ4v) is 4.06. The number of likely N-dealkylation sites (N-methyl/N-ethyl adjacent to an activating group) is 1. The minimum atomic E-state index is -0.275. The van der Waals surface area contributed by atoms with Crippen LogP contribution in [-0.4, -0.2) is 61.0 Å². The molecule has 23 heavy (non-hydrogen) atoms. The van der Waals surface area contributed by atoms with Crippen molar-refractivity contribution in [1.82, 2.24) is 15.1 Å². The maximum Gasteiger partial charge on any atom is 0.240 e. The van der Waals surface area contributed by atoms with Gasteiger partial charge in [-0.3, -0.25) is 9.69 Å². The Balaban J connectivity index is 1.60. The summed E-state index contributed by atoms with van der Waals surface area (Å²) >= 11 is 0. The maximum absolute atomic E-state index is 12.6. The van der Waals surface area contributed by atoms with Crippen molar-refractivity contribution in [3.8, 4) is 0 Å². The molecule has 2 heterocycles. The highest BCUT2D eigenvalue weighted by molar-refractivity contribution is 5.86. The molecule has 1 amide bonds. The summed E-state index contributed by atoms with van der Waals surface area (Å²) in [6, 6.07) is 10.7. The van der Waals surface area contributed by atoms with Crippen molar-refractivity contribution in [3.05, 3.63) is 35.9 Å². The number of hydrogen-bond donors (Lipinski definition) is 1. The third-order valence-electron chi connectivity index (χ3n) is 5.69. The van der Waals surface area contributed by atoms with Crippen LogP contribution in [-0.2, 0) is 4.79 Å². The highest BCUT2D eigenvalue weighted by atomic mass is 16.2. The van der Waals surface area contributed by atoms with Gasteiger partial charge in [-0.2, -0.15) is 0 Å². The lowest BCUT2D eigenvalue weighted by atomic mass is 9.84. The van der Waals surface area contributed by atoms with Gasteiger partial charge in [0.2, 0.25) is 5.91 Å². The number of nitrogens with zero attached hydrogens (tertiary/aromatic N) is 2. The topological polar surface area (TPSA) is 35.6 Å². The molecule has 2 fully saturated rings. The lowest BCUT2D eigenvalue weighted by Gasteiger charge is -2.45. The van der Waals surface area contributed by atoms with Crippen LogP contribution in [0.25, 0.3) is 0 Å². The molecular weight excluding hydrogens is 286 g/mol. The fraction of sp³-hybridized carbons (Fsp3) is 0.632. The lowest BCUT2D eigenvalue weighted by Crippen LogP contribution is -2.61. The van der Waals surface area contributed by atoms with Crippen LogP contribution in [0.4, 0.5) is 0 Å². The SMILES string of the molecule is C[C@H](CN1CCC2(CC1)C(=O)NCCCN2C)c1ccccc1. The first kappa shape index (κ1) is 16.5. The summed E-state index contributed by atoms with van der Waals surface area (Å²) in [5.41, 5.74) is 1.13. The predicted molar refractivity (Wildman–Crippen MR) is 93.5 cm³/mol. The van der Waals surface area contributed by atoms with Crippen LogP contribution < -0.4 is 5.32 Å². The van der Waals surface area contributed by atoms with E-state index in [1.54, 1.807) is 0 Å². The minimum Gasteiger partial charge on any atom is -0.354 e. The third-order valence-corrected chi connectivity index (χ3v) is 5.69. The van der Waals surface area contributed by atoms with E-state index in [0.717, 1.165) is 52.0 Å². The number of likely N-dealkylation sites (tertiary alicyclic amines) is 1. The summed E-state index contributed by atoms with van der Waals surface area (Å²) in [4.78, 5) is 17.4. The summed E-state index contributed by atoms with van der Waals surface area (Å²) in [5, 5.41) is 3.12. The molecule has 126 valence electrons. The molecule has 0 saturated carbocycles. The summed E-state index contributed by atoms with van der Waals surface area (Å²) in [7, 11) is 2.12. The maximum atomic E-state index is 12.6. The largest absolute Gasteiger partial charge is 0.354 e. The summed E-state index contributed by atoms with van der Waals surface area (Å²) in [6.45, 7) is 7.22. The second-order valence-electron chi connectivity index (χ2n) is 7.17. The van der Waals surface area contributed by atoms with Gasteiger partial charge in [-0.25, -0.2) is 0 Å². The molecule has 4 heteroatoms. The monoisotopic (exact) mass is 315 g/mol. The van der Waals surface area contributed by atoms with Gasteiger partial charge in [0.05, 0.1) is 0 Å². The number of carbonyl (C=O) groups excluding carboxylic acids is 1. The highest BCUT2D eigenvalue weighted by Gasteiger charge is 2.45. The van der Waals surface area contributed by atoms with Crippen LogP contribution in [0.5, 0.6) is 0 Å². The van der Waals surface area contributed by atoms with E-state index < -0.39 is 0 Å². The fourth-order valence-electron chi connectivity index (χ4n) is 4.06. The van der Waals surface area contributed by atoms with Crippen molar-refractivity contribution in [1.29, 1.82) is 0 Å². The number of piperidine rings is 1. The molecular formula is C19H29N3O. The molecule has 0 aliphatic carbocycles. The minimum absolute atomic E-state index is 0.244. The van der Waals surface area contributed by atoms with Gasteiger partial charge in [0.25, 0.3) is 0 Å². The molecule has 0 unspecified atom stereocenters. The molecule has 1 spiro atoms. The second kappa shape index (κ2) is 7.02. The van der Waals surface area contributed by atoms with Gasteiger partial charge in [-0.05, 0) is 37.8 Å². The van der Waals surface area contributed by atoms with E-state index in [9.17, 15) is 4.79 Å². The molecule has 0 bridgehead atoms. The summed E-state index contributed by atoms with van der Waals surface area (Å²) < 4.78 is 0. The summed E-state index contributed by atoms with van der Waals surface area (Å²) in [5.74, 6) is 0.777. The van der Waals surface area contributed by atoms with E-state index in [2.05, 4.69) is 59.4 Å². The average Bonchev–Trinajstić information content (AvgIpc) is 2.71. The smallest absolute Gasteiger partial charge is 0.240 e. The molecule has 1 aromatic rings. The zero-order chi connectivity index (χ0) is 16.3. The lowest BCUT2D eigenvalue weighted by molar-refractivity contribution is -0.134. The van der Waals surface area contributed by atoms with Crippen LogP contribution in [0.1, 0.15) is 37.7 Å². The molecule has 4 nitrogen and oxygen atoms in total. The Kier molecular flexibility index (Phi) is 5.02. The molecule has 3 rings (SSSR count). The second-order valence-corrected chi connectivity index (χ2v) is 7.17. The van der Waals surface area contributed by atoms with Crippen molar-refractivity contribution >= 4 is 5.91 Å².